The average molecular weight is 326 g/mol. The van der Waals surface area contributed by atoms with Gasteiger partial charge in [0.25, 0.3) is 0 Å². The number of nitrogens with zero attached hydrogens (tertiary/aromatic N) is 1. The molecule has 0 saturated carbocycles. The van der Waals surface area contributed by atoms with Crippen LogP contribution in [0.1, 0.15) is 18.4 Å². The summed E-state index contributed by atoms with van der Waals surface area (Å²) in [6, 6.07) is 18.1. The highest BCUT2D eigenvalue weighted by atomic mass is 16.5. The van der Waals surface area contributed by atoms with Crippen LogP contribution in [0.5, 0.6) is 5.75 Å². The molecule has 128 valence electrons. The molecule has 0 aliphatic rings. The number of aryl methyl sites for hydroxylation is 1. The Morgan fingerprint density at radius 2 is 1.92 bits per heavy atom. The van der Waals surface area contributed by atoms with Crippen LogP contribution >= 0.6 is 0 Å². The van der Waals surface area contributed by atoms with Crippen LogP contribution in [0.15, 0.2) is 54.6 Å². The van der Waals surface area contributed by atoms with Crippen molar-refractivity contribution in [1.82, 2.24) is 5.32 Å². The Bertz CT molecular complexity index is 629. The summed E-state index contributed by atoms with van der Waals surface area (Å²) in [5.41, 5.74) is 2.31. The van der Waals surface area contributed by atoms with E-state index in [1.165, 1.54) is 5.69 Å². The van der Waals surface area contributed by atoms with Gasteiger partial charge in [0.05, 0.1) is 7.11 Å². The van der Waals surface area contributed by atoms with Crippen LogP contribution in [0.25, 0.3) is 0 Å². The first-order valence-electron chi connectivity index (χ1n) is 8.35. The van der Waals surface area contributed by atoms with E-state index in [2.05, 4.69) is 29.4 Å². The number of carbonyl (C=O) groups is 1. The Kier molecular flexibility index (Phi) is 7.15. The van der Waals surface area contributed by atoms with Crippen LogP contribution in [0.2, 0.25) is 0 Å². The van der Waals surface area contributed by atoms with Crippen molar-refractivity contribution >= 4 is 11.6 Å². The van der Waals surface area contributed by atoms with Crippen molar-refractivity contribution in [1.29, 1.82) is 0 Å². The monoisotopic (exact) mass is 326 g/mol. The molecule has 0 aliphatic heterocycles. The van der Waals surface area contributed by atoms with Gasteiger partial charge in [-0.15, -0.1) is 0 Å². The van der Waals surface area contributed by atoms with E-state index in [0.29, 0.717) is 13.0 Å². The quantitative estimate of drug-likeness (QED) is 0.719. The lowest BCUT2D eigenvalue weighted by molar-refractivity contribution is -0.121. The second kappa shape index (κ2) is 9.60. The van der Waals surface area contributed by atoms with E-state index in [9.17, 15) is 4.79 Å². The molecule has 0 saturated heterocycles. The number of nitrogens with one attached hydrogen (secondary N) is 1. The molecular formula is C20H26N2O2. The van der Waals surface area contributed by atoms with Gasteiger partial charge in [0.1, 0.15) is 5.75 Å². The van der Waals surface area contributed by atoms with Gasteiger partial charge in [0, 0.05) is 32.2 Å². The van der Waals surface area contributed by atoms with E-state index < -0.39 is 0 Å². The average Bonchev–Trinajstić information content (AvgIpc) is 2.64. The van der Waals surface area contributed by atoms with Gasteiger partial charge in [-0.2, -0.15) is 0 Å². The van der Waals surface area contributed by atoms with Gasteiger partial charge in [-0.1, -0.05) is 30.3 Å². The molecular weight excluding hydrogens is 300 g/mol. The zero-order chi connectivity index (χ0) is 17.2. The fourth-order valence-corrected chi connectivity index (χ4v) is 2.53. The highest BCUT2D eigenvalue weighted by Crippen LogP contribution is 2.14. The minimum absolute atomic E-state index is 0.0974. The number of anilines is 1. The molecule has 0 bridgehead atoms. The predicted octanol–water partition coefficient (Wildman–Crippen LogP) is 3.27. The first kappa shape index (κ1) is 17.9. The second-order valence-corrected chi connectivity index (χ2v) is 5.81. The summed E-state index contributed by atoms with van der Waals surface area (Å²) in [7, 11) is 3.72. The maximum Gasteiger partial charge on any atom is 0.220 e. The molecule has 24 heavy (non-hydrogen) atoms. The largest absolute Gasteiger partial charge is 0.497 e. The molecule has 1 amide bonds. The number of hydrogen-bond donors (Lipinski definition) is 1. The van der Waals surface area contributed by atoms with E-state index in [0.717, 1.165) is 30.7 Å². The molecule has 2 rings (SSSR count). The summed E-state index contributed by atoms with van der Waals surface area (Å²) in [6.07, 6.45) is 2.16. The standard InChI is InChI=1S/C20H26N2O2/c1-22(18-9-4-3-5-10-18)15-7-14-21-20(23)13-12-17-8-6-11-19(16-17)24-2/h3-6,8-11,16H,7,12-15H2,1-2H3,(H,21,23). The summed E-state index contributed by atoms with van der Waals surface area (Å²) >= 11 is 0. The van der Waals surface area contributed by atoms with Crippen LogP contribution in [0, 0.1) is 0 Å². The molecule has 0 fully saturated rings. The fraction of sp³-hybridized carbons (Fsp3) is 0.350. The topological polar surface area (TPSA) is 41.6 Å². The highest BCUT2D eigenvalue weighted by Gasteiger charge is 2.04. The summed E-state index contributed by atoms with van der Waals surface area (Å²) in [4.78, 5) is 14.1. The minimum Gasteiger partial charge on any atom is -0.497 e. The predicted molar refractivity (Wildman–Crippen MR) is 98.7 cm³/mol. The van der Waals surface area contributed by atoms with Crippen molar-refractivity contribution in [3.63, 3.8) is 0 Å². The first-order chi connectivity index (χ1) is 11.7. The molecule has 4 heteroatoms. The normalized spacial score (nSPS) is 10.2. The Labute approximate surface area is 144 Å². The Hall–Kier alpha value is -2.49. The summed E-state index contributed by atoms with van der Waals surface area (Å²) in [5.74, 6) is 0.928. The molecule has 0 unspecified atom stereocenters. The van der Waals surface area contributed by atoms with Gasteiger partial charge < -0.3 is 15.0 Å². The van der Waals surface area contributed by atoms with E-state index in [1.54, 1.807) is 7.11 Å². The molecule has 2 aromatic carbocycles. The maximum absolute atomic E-state index is 11.9. The van der Waals surface area contributed by atoms with Gasteiger partial charge in [0.15, 0.2) is 0 Å². The van der Waals surface area contributed by atoms with Crippen molar-refractivity contribution in [3.8, 4) is 5.75 Å². The number of carbonyl (C=O) groups excluding carboxylic acids is 1. The van der Waals surface area contributed by atoms with Crippen LogP contribution < -0.4 is 15.0 Å². The molecule has 0 aliphatic carbocycles. The van der Waals surface area contributed by atoms with E-state index in [1.807, 2.05) is 42.5 Å². The van der Waals surface area contributed by atoms with Crippen molar-refractivity contribution in [2.24, 2.45) is 0 Å². The van der Waals surface area contributed by atoms with E-state index in [-0.39, 0.29) is 5.91 Å². The minimum atomic E-state index is 0.0974. The fourth-order valence-electron chi connectivity index (χ4n) is 2.53. The van der Waals surface area contributed by atoms with Crippen molar-refractivity contribution in [2.45, 2.75) is 19.3 Å². The maximum atomic E-state index is 11.9. The number of amides is 1. The van der Waals surface area contributed by atoms with Crippen LogP contribution in [-0.2, 0) is 11.2 Å². The SMILES string of the molecule is COc1cccc(CCC(=O)NCCCN(C)c2ccccc2)c1. The van der Waals surface area contributed by atoms with Crippen molar-refractivity contribution in [2.75, 3.05) is 32.1 Å². The number of rotatable bonds is 9. The number of benzene rings is 2. The van der Waals surface area contributed by atoms with Gasteiger partial charge in [-0.25, -0.2) is 0 Å². The van der Waals surface area contributed by atoms with Gasteiger partial charge in [0.2, 0.25) is 5.91 Å². The zero-order valence-corrected chi connectivity index (χ0v) is 14.5. The summed E-state index contributed by atoms with van der Waals surface area (Å²) < 4.78 is 5.19. The Morgan fingerprint density at radius 1 is 1.12 bits per heavy atom. The number of methoxy groups -OCH3 is 1. The summed E-state index contributed by atoms with van der Waals surface area (Å²) in [6.45, 7) is 1.62. The lowest BCUT2D eigenvalue weighted by atomic mass is 10.1. The molecule has 4 nitrogen and oxygen atoms in total. The molecule has 1 N–H and O–H groups in total. The molecule has 0 aromatic heterocycles. The molecule has 0 atom stereocenters. The van der Waals surface area contributed by atoms with Gasteiger partial charge in [-0.3, -0.25) is 4.79 Å². The smallest absolute Gasteiger partial charge is 0.220 e. The Balaban J connectivity index is 1.63. The zero-order valence-electron chi connectivity index (χ0n) is 14.5. The van der Waals surface area contributed by atoms with Crippen molar-refractivity contribution < 1.29 is 9.53 Å². The third-order valence-electron chi connectivity index (χ3n) is 3.96. The van der Waals surface area contributed by atoms with E-state index in [4.69, 9.17) is 4.74 Å². The van der Waals surface area contributed by atoms with Crippen molar-refractivity contribution in [3.05, 3.63) is 60.2 Å². The first-order valence-corrected chi connectivity index (χ1v) is 8.35. The Morgan fingerprint density at radius 3 is 2.67 bits per heavy atom. The lowest BCUT2D eigenvalue weighted by Gasteiger charge is -2.19. The van der Waals surface area contributed by atoms with Gasteiger partial charge >= 0.3 is 0 Å². The van der Waals surface area contributed by atoms with Crippen LogP contribution in [0.4, 0.5) is 5.69 Å². The third kappa shape index (κ3) is 5.95. The molecule has 2 aromatic rings. The molecule has 0 radical (unpaired) electrons. The van der Waals surface area contributed by atoms with Gasteiger partial charge in [-0.05, 0) is 42.7 Å². The highest BCUT2D eigenvalue weighted by molar-refractivity contribution is 5.76. The third-order valence-corrected chi connectivity index (χ3v) is 3.96. The number of hydrogen-bond acceptors (Lipinski definition) is 3. The molecule has 0 spiro atoms. The second-order valence-electron chi connectivity index (χ2n) is 5.81. The lowest BCUT2D eigenvalue weighted by Crippen LogP contribution is -2.28. The van der Waals surface area contributed by atoms with E-state index >= 15 is 0 Å². The molecule has 0 heterocycles. The number of para-hydroxylation sites is 1. The summed E-state index contributed by atoms with van der Waals surface area (Å²) in [5, 5.41) is 2.99. The van der Waals surface area contributed by atoms with Crippen LogP contribution in [-0.4, -0.2) is 33.2 Å². The van der Waals surface area contributed by atoms with Crippen LogP contribution in [0.3, 0.4) is 0 Å². The number of ether oxygens (including phenoxy) is 1.